The van der Waals surface area contributed by atoms with E-state index in [-0.39, 0.29) is 15.5 Å². The zero-order chi connectivity index (χ0) is 14.0. The van der Waals surface area contributed by atoms with Crippen molar-refractivity contribution >= 4 is 38.7 Å². The van der Waals surface area contributed by atoms with E-state index in [2.05, 4.69) is 4.72 Å². The van der Waals surface area contributed by atoms with Crippen molar-refractivity contribution in [2.75, 3.05) is 10.5 Å². The first-order chi connectivity index (χ1) is 8.90. The maximum atomic E-state index is 12.0. The normalized spacial score (nSPS) is 11.2. The number of carboxylic acid groups (broad SMARTS) is 1. The fourth-order valence-corrected chi connectivity index (χ4v) is 3.60. The highest BCUT2D eigenvalue weighted by Crippen LogP contribution is 2.25. The third kappa shape index (κ3) is 2.85. The van der Waals surface area contributed by atoms with Gasteiger partial charge in [0.25, 0.3) is 10.0 Å². The summed E-state index contributed by atoms with van der Waals surface area (Å²) in [5.74, 6) is -1.17. The van der Waals surface area contributed by atoms with E-state index in [1.54, 1.807) is 18.2 Å². The summed E-state index contributed by atoms with van der Waals surface area (Å²) in [5.41, 5.74) is 6.13. The van der Waals surface area contributed by atoms with Gasteiger partial charge in [-0.1, -0.05) is 12.1 Å². The summed E-state index contributed by atoms with van der Waals surface area (Å²) in [4.78, 5) is 10.7. The van der Waals surface area contributed by atoms with Crippen LogP contribution in [-0.2, 0) is 10.0 Å². The molecule has 0 aliphatic carbocycles. The third-order valence-corrected chi connectivity index (χ3v) is 5.10. The molecule has 0 saturated carbocycles. The van der Waals surface area contributed by atoms with Crippen LogP contribution in [0.25, 0.3) is 0 Å². The molecule has 0 amide bonds. The van der Waals surface area contributed by atoms with Crippen LogP contribution >= 0.6 is 11.3 Å². The number of hydrogen-bond acceptors (Lipinski definition) is 5. The molecule has 6 nitrogen and oxygen atoms in total. The topological polar surface area (TPSA) is 109 Å². The van der Waals surface area contributed by atoms with Gasteiger partial charge in [-0.05, 0) is 18.2 Å². The lowest BCUT2D eigenvalue weighted by molar-refractivity contribution is 0.0697. The second-order valence-corrected chi connectivity index (χ2v) is 6.47. The Labute approximate surface area is 113 Å². The third-order valence-electron chi connectivity index (χ3n) is 2.29. The van der Waals surface area contributed by atoms with E-state index in [0.29, 0.717) is 5.69 Å². The average Bonchev–Trinajstić information content (AvgIpc) is 2.82. The van der Waals surface area contributed by atoms with Gasteiger partial charge in [-0.3, -0.25) is 4.72 Å². The van der Waals surface area contributed by atoms with Gasteiger partial charge < -0.3 is 10.8 Å². The molecule has 0 bridgehead atoms. The van der Waals surface area contributed by atoms with E-state index in [1.165, 1.54) is 11.4 Å². The van der Waals surface area contributed by atoms with Crippen molar-refractivity contribution in [3.05, 3.63) is 41.3 Å². The molecule has 1 aromatic carbocycles. The minimum absolute atomic E-state index is 0.0635. The van der Waals surface area contributed by atoms with Crippen molar-refractivity contribution < 1.29 is 18.3 Å². The van der Waals surface area contributed by atoms with Gasteiger partial charge in [-0.15, -0.1) is 11.3 Å². The number of nitrogens with one attached hydrogen (secondary N) is 1. The van der Waals surface area contributed by atoms with E-state index in [0.717, 1.165) is 17.4 Å². The number of hydrogen-bond donors (Lipinski definition) is 3. The molecule has 0 unspecified atom stereocenters. The maximum Gasteiger partial charge on any atom is 0.336 e. The number of para-hydroxylation sites is 2. The lowest BCUT2D eigenvalue weighted by atomic mass is 10.3. The number of carbonyl (C=O) groups is 1. The highest BCUT2D eigenvalue weighted by atomic mass is 32.2. The number of aromatic carboxylic acids is 1. The number of rotatable bonds is 4. The summed E-state index contributed by atoms with van der Waals surface area (Å²) >= 11 is 0.838. The van der Waals surface area contributed by atoms with Crippen LogP contribution in [0.3, 0.4) is 0 Å². The molecule has 100 valence electrons. The first kappa shape index (κ1) is 13.4. The second kappa shape index (κ2) is 4.90. The van der Waals surface area contributed by atoms with E-state index in [9.17, 15) is 13.2 Å². The van der Waals surface area contributed by atoms with Crippen molar-refractivity contribution in [2.24, 2.45) is 0 Å². The van der Waals surface area contributed by atoms with Crippen LogP contribution in [0.4, 0.5) is 11.4 Å². The zero-order valence-corrected chi connectivity index (χ0v) is 11.2. The number of anilines is 2. The standard InChI is InChI=1S/C11H10N2O4S2/c12-8-3-1-2-4-9(8)13-19(16,17)10-5-7(6-18-10)11(14)15/h1-6,13H,12H2,(H,14,15). The van der Waals surface area contributed by atoms with Gasteiger partial charge in [0.05, 0.1) is 16.9 Å². The van der Waals surface area contributed by atoms with E-state index in [4.69, 9.17) is 10.8 Å². The number of carboxylic acids is 1. The Morgan fingerprint density at radius 2 is 2.00 bits per heavy atom. The lowest BCUT2D eigenvalue weighted by Crippen LogP contribution is -2.12. The van der Waals surface area contributed by atoms with Crippen molar-refractivity contribution in [1.29, 1.82) is 0 Å². The van der Waals surface area contributed by atoms with E-state index >= 15 is 0 Å². The Morgan fingerprint density at radius 1 is 1.32 bits per heavy atom. The minimum Gasteiger partial charge on any atom is -0.478 e. The van der Waals surface area contributed by atoms with E-state index in [1.807, 2.05) is 0 Å². The van der Waals surface area contributed by atoms with Gasteiger partial charge in [0, 0.05) is 5.38 Å². The Hall–Kier alpha value is -2.06. The summed E-state index contributed by atoms with van der Waals surface area (Å²) in [6.45, 7) is 0. The Kier molecular flexibility index (Phi) is 3.45. The molecule has 0 spiro atoms. The van der Waals surface area contributed by atoms with Crippen LogP contribution in [0.5, 0.6) is 0 Å². The number of nitrogen functional groups attached to an aromatic ring is 1. The molecule has 0 atom stereocenters. The zero-order valence-electron chi connectivity index (χ0n) is 9.53. The summed E-state index contributed by atoms with van der Waals surface area (Å²) in [7, 11) is -3.82. The molecule has 0 radical (unpaired) electrons. The monoisotopic (exact) mass is 298 g/mol. The summed E-state index contributed by atoms with van der Waals surface area (Å²) in [6.07, 6.45) is 0. The van der Waals surface area contributed by atoms with Crippen LogP contribution < -0.4 is 10.5 Å². The molecule has 1 aromatic heterocycles. The molecule has 2 rings (SSSR count). The fourth-order valence-electron chi connectivity index (χ4n) is 1.35. The number of nitrogens with two attached hydrogens (primary N) is 1. The van der Waals surface area contributed by atoms with Gasteiger partial charge in [-0.2, -0.15) is 0 Å². The lowest BCUT2D eigenvalue weighted by Gasteiger charge is -2.08. The SMILES string of the molecule is Nc1ccccc1NS(=O)(=O)c1cc(C(=O)O)cs1. The van der Waals surface area contributed by atoms with Crippen molar-refractivity contribution in [2.45, 2.75) is 4.21 Å². The van der Waals surface area contributed by atoms with Gasteiger partial charge >= 0.3 is 5.97 Å². The summed E-state index contributed by atoms with van der Waals surface area (Å²) in [5, 5.41) is 10.0. The summed E-state index contributed by atoms with van der Waals surface area (Å²) in [6, 6.07) is 7.52. The Balaban J connectivity index is 2.32. The fraction of sp³-hybridized carbons (Fsp3) is 0. The molecule has 0 fully saturated rings. The minimum atomic E-state index is -3.82. The van der Waals surface area contributed by atoms with Crippen molar-refractivity contribution in [3.8, 4) is 0 Å². The quantitative estimate of drug-likeness (QED) is 0.746. The number of sulfonamides is 1. The second-order valence-electron chi connectivity index (χ2n) is 3.65. The summed E-state index contributed by atoms with van der Waals surface area (Å²) < 4.78 is 26.3. The van der Waals surface area contributed by atoms with Crippen LogP contribution in [0.1, 0.15) is 10.4 Å². The van der Waals surface area contributed by atoms with E-state index < -0.39 is 16.0 Å². The van der Waals surface area contributed by atoms with Crippen LogP contribution in [-0.4, -0.2) is 19.5 Å². The van der Waals surface area contributed by atoms with Crippen molar-refractivity contribution in [3.63, 3.8) is 0 Å². The molecule has 4 N–H and O–H groups in total. The molecule has 2 aromatic rings. The predicted octanol–water partition coefficient (Wildman–Crippen LogP) is 1.83. The van der Waals surface area contributed by atoms with Gasteiger partial charge in [0.2, 0.25) is 0 Å². The molecule has 0 aliphatic rings. The number of thiophene rings is 1. The first-order valence-electron chi connectivity index (χ1n) is 5.09. The molecule has 19 heavy (non-hydrogen) atoms. The highest BCUT2D eigenvalue weighted by molar-refractivity contribution is 7.94. The largest absolute Gasteiger partial charge is 0.478 e. The maximum absolute atomic E-state index is 12.0. The Bertz CT molecular complexity index is 722. The molecule has 1 heterocycles. The molecule has 0 aliphatic heterocycles. The molecular formula is C11H10N2O4S2. The predicted molar refractivity (Wildman–Crippen MR) is 72.9 cm³/mol. The van der Waals surface area contributed by atoms with Crippen molar-refractivity contribution in [1.82, 2.24) is 0 Å². The van der Waals surface area contributed by atoms with Crippen LogP contribution in [0.15, 0.2) is 39.9 Å². The molecule has 0 saturated heterocycles. The number of benzene rings is 1. The van der Waals surface area contributed by atoms with Gasteiger partial charge in [0.1, 0.15) is 4.21 Å². The Morgan fingerprint density at radius 3 is 2.58 bits per heavy atom. The van der Waals surface area contributed by atoms with Gasteiger partial charge in [0.15, 0.2) is 0 Å². The van der Waals surface area contributed by atoms with Gasteiger partial charge in [-0.25, -0.2) is 13.2 Å². The highest BCUT2D eigenvalue weighted by Gasteiger charge is 2.19. The molecular weight excluding hydrogens is 288 g/mol. The smallest absolute Gasteiger partial charge is 0.336 e. The van der Waals surface area contributed by atoms with Crippen LogP contribution in [0, 0.1) is 0 Å². The molecule has 8 heteroatoms. The van der Waals surface area contributed by atoms with Crippen LogP contribution in [0.2, 0.25) is 0 Å². The average molecular weight is 298 g/mol. The first-order valence-corrected chi connectivity index (χ1v) is 7.45.